The van der Waals surface area contributed by atoms with Crippen LogP contribution in [0.2, 0.25) is 0 Å². The van der Waals surface area contributed by atoms with E-state index in [4.69, 9.17) is 4.74 Å². The highest BCUT2D eigenvalue weighted by molar-refractivity contribution is 6.00. The van der Waals surface area contributed by atoms with Crippen LogP contribution in [0.15, 0.2) is 49.1 Å². The van der Waals surface area contributed by atoms with E-state index in [0.717, 1.165) is 73.8 Å². The number of rotatable bonds is 3. The van der Waals surface area contributed by atoms with E-state index >= 15 is 0 Å². The maximum Gasteiger partial charge on any atom is 0.230 e. The van der Waals surface area contributed by atoms with Crippen molar-refractivity contribution in [3.8, 4) is 0 Å². The van der Waals surface area contributed by atoms with Crippen molar-refractivity contribution in [1.29, 1.82) is 0 Å². The molecule has 0 atom stereocenters. The zero-order valence-electron chi connectivity index (χ0n) is 19.5. The largest absolute Gasteiger partial charge is 0.381 e. The average Bonchev–Trinajstić information content (AvgIpc) is 3.29. The Labute approximate surface area is 199 Å². The van der Waals surface area contributed by atoms with Crippen molar-refractivity contribution in [3.05, 3.63) is 60.3 Å². The summed E-state index contributed by atoms with van der Waals surface area (Å²) in [5.74, 6) is 1.03. The van der Waals surface area contributed by atoms with Crippen LogP contribution in [0.5, 0.6) is 0 Å². The molecule has 0 spiro atoms. The molecule has 1 aromatic carbocycles. The zero-order valence-corrected chi connectivity index (χ0v) is 19.5. The summed E-state index contributed by atoms with van der Waals surface area (Å²) >= 11 is 0. The van der Waals surface area contributed by atoms with E-state index < -0.39 is 0 Å². The van der Waals surface area contributed by atoms with Crippen LogP contribution in [-0.4, -0.2) is 40.2 Å². The smallest absolute Gasteiger partial charge is 0.230 e. The van der Waals surface area contributed by atoms with Gasteiger partial charge in [0.15, 0.2) is 0 Å². The normalized spacial score (nSPS) is 21.7. The highest BCUT2D eigenvalue weighted by Gasteiger charge is 2.33. The summed E-state index contributed by atoms with van der Waals surface area (Å²) in [6, 6.07) is 10.4. The van der Waals surface area contributed by atoms with Crippen molar-refractivity contribution >= 4 is 28.8 Å². The summed E-state index contributed by atoms with van der Waals surface area (Å²) in [6.45, 7) is 3.14. The molecule has 34 heavy (non-hydrogen) atoms. The second kappa shape index (κ2) is 8.76. The minimum absolute atomic E-state index is 0.0189. The third kappa shape index (κ3) is 3.81. The number of carbonyl (C=O) groups is 1. The number of carbonyl (C=O) groups excluding carboxylic acids is 1. The molecule has 1 saturated carbocycles. The number of fused-ring (bicyclic) bond motifs is 3. The molecule has 2 aromatic heterocycles. The van der Waals surface area contributed by atoms with Crippen LogP contribution in [-0.2, 0) is 29.2 Å². The number of nitrogens with zero attached hydrogens (tertiary/aromatic N) is 5. The quantitative estimate of drug-likeness (QED) is 0.637. The SMILES string of the molecule is COC1CCC(C(=O)N2Cc3cccnc3Nc3ccc(N4CCn5cncc5C4)cc32)CC1. The molecule has 0 unspecified atom stereocenters. The average molecular weight is 459 g/mol. The van der Waals surface area contributed by atoms with Gasteiger partial charge in [-0.05, 0) is 49.9 Å². The number of pyridine rings is 1. The van der Waals surface area contributed by atoms with Crippen molar-refractivity contribution in [3.63, 3.8) is 0 Å². The van der Waals surface area contributed by atoms with Crippen LogP contribution in [0.25, 0.3) is 0 Å². The summed E-state index contributed by atoms with van der Waals surface area (Å²) < 4.78 is 7.74. The van der Waals surface area contributed by atoms with Gasteiger partial charge in [-0.15, -0.1) is 0 Å². The van der Waals surface area contributed by atoms with Crippen molar-refractivity contribution < 1.29 is 9.53 Å². The standard InChI is InChI=1S/C26H30N6O2/c1-34-22-7-4-18(5-8-22)26(33)32-15-19-3-2-10-28-25(19)29-23-9-6-20(13-24(23)32)30-11-12-31-17-27-14-21(31)16-30/h2-3,6,9-10,13-14,17-18,22H,4-5,7-8,11-12,15-16H2,1H3,(H,28,29). The lowest BCUT2D eigenvalue weighted by Crippen LogP contribution is -2.38. The van der Waals surface area contributed by atoms with Gasteiger partial charge in [-0.3, -0.25) is 4.79 Å². The Morgan fingerprint density at radius 1 is 1.12 bits per heavy atom. The Bertz CT molecular complexity index is 1200. The summed E-state index contributed by atoms with van der Waals surface area (Å²) in [5.41, 5.74) is 5.20. The second-order valence-corrected chi connectivity index (χ2v) is 9.47. The predicted octanol–water partition coefficient (Wildman–Crippen LogP) is 4.09. The van der Waals surface area contributed by atoms with Crippen LogP contribution in [0.3, 0.4) is 0 Å². The first-order valence-electron chi connectivity index (χ1n) is 12.1. The van der Waals surface area contributed by atoms with Gasteiger partial charge in [-0.1, -0.05) is 6.07 Å². The molecule has 6 rings (SSSR count). The molecule has 8 nitrogen and oxygen atoms in total. The minimum atomic E-state index is 0.0189. The first-order chi connectivity index (χ1) is 16.7. The molecule has 1 amide bonds. The molecule has 0 radical (unpaired) electrons. The molecule has 0 saturated heterocycles. The van der Waals surface area contributed by atoms with E-state index in [2.05, 4.69) is 49.0 Å². The highest BCUT2D eigenvalue weighted by Crippen LogP contribution is 2.40. The van der Waals surface area contributed by atoms with Crippen molar-refractivity contribution in [2.75, 3.05) is 28.8 Å². The number of hydrogen-bond acceptors (Lipinski definition) is 6. The maximum atomic E-state index is 13.9. The molecule has 4 heterocycles. The van der Waals surface area contributed by atoms with Crippen LogP contribution in [0.1, 0.15) is 36.9 Å². The van der Waals surface area contributed by atoms with Gasteiger partial charge in [-0.25, -0.2) is 9.97 Å². The Balaban J connectivity index is 1.34. The highest BCUT2D eigenvalue weighted by atomic mass is 16.5. The molecule has 1 N–H and O–H groups in total. The Morgan fingerprint density at radius 2 is 2.00 bits per heavy atom. The first kappa shape index (κ1) is 21.2. The lowest BCUT2D eigenvalue weighted by molar-refractivity contribution is -0.124. The van der Waals surface area contributed by atoms with E-state index in [0.29, 0.717) is 6.54 Å². The van der Waals surface area contributed by atoms with Gasteiger partial charge in [0.1, 0.15) is 5.82 Å². The van der Waals surface area contributed by atoms with Gasteiger partial charge < -0.3 is 24.4 Å². The van der Waals surface area contributed by atoms with E-state index in [-0.39, 0.29) is 17.9 Å². The second-order valence-electron chi connectivity index (χ2n) is 9.47. The van der Waals surface area contributed by atoms with Crippen LogP contribution in [0, 0.1) is 5.92 Å². The fraction of sp³-hybridized carbons (Fsp3) is 0.423. The van der Waals surface area contributed by atoms with Crippen molar-refractivity contribution in [2.45, 2.75) is 51.4 Å². The lowest BCUT2D eigenvalue weighted by Gasteiger charge is -2.33. The topological polar surface area (TPSA) is 75.5 Å². The van der Waals surface area contributed by atoms with Gasteiger partial charge in [0.25, 0.3) is 0 Å². The van der Waals surface area contributed by atoms with Crippen molar-refractivity contribution in [1.82, 2.24) is 14.5 Å². The van der Waals surface area contributed by atoms with Crippen LogP contribution < -0.4 is 15.1 Å². The predicted molar refractivity (Wildman–Crippen MR) is 131 cm³/mol. The molecule has 176 valence electrons. The molecule has 8 heteroatoms. The zero-order chi connectivity index (χ0) is 23.1. The third-order valence-electron chi connectivity index (χ3n) is 7.50. The number of anilines is 4. The molecule has 0 bridgehead atoms. The number of benzene rings is 1. The third-order valence-corrected chi connectivity index (χ3v) is 7.50. The molecule has 1 fully saturated rings. The maximum absolute atomic E-state index is 13.9. The van der Waals surface area contributed by atoms with Crippen LogP contribution >= 0.6 is 0 Å². The molecule has 3 aliphatic rings. The molecular weight excluding hydrogens is 428 g/mol. The number of hydrogen-bond donors (Lipinski definition) is 1. The van der Waals surface area contributed by atoms with E-state index in [1.54, 1.807) is 13.3 Å². The Hall–Kier alpha value is -3.39. The summed E-state index contributed by atoms with van der Waals surface area (Å²) in [4.78, 5) is 27.1. The number of methoxy groups -OCH3 is 1. The van der Waals surface area contributed by atoms with Gasteiger partial charge in [0, 0.05) is 49.8 Å². The number of nitrogens with one attached hydrogen (secondary N) is 1. The fourth-order valence-corrected chi connectivity index (χ4v) is 5.47. The molecule has 1 aliphatic carbocycles. The van der Waals surface area contributed by atoms with E-state index in [1.165, 1.54) is 5.69 Å². The summed E-state index contributed by atoms with van der Waals surface area (Å²) in [7, 11) is 1.77. The molecule has 3 aromatic rings. The van der Waals surface area contributed by atoms with Crippen molar-refractivity contribution in [2.24, 2.45) is 5.92 Å². The monoisotopic (exact) mass is 458 g/mol. The Morgan fingerprint density at radius 3 is 2.85 bits per heavy atom. The van der Waals surface area contributed by atoms with Crippen LogP contribution in [0.4, 0.5) is 22.9 Å². The lowest BCUT2D eigenvalue weighted by atomic mass is 9.86. The van der Waals surface area contributed by atoms with Gasteiger partial charge in [0.2, 0.25) is 5.91 Å². The van der Waals surface area contributed by atoms with Gasteiger partial charge in [-0.2, -0.15) is 0 Å². The first-order valence-corrected chi connectivity index (χ1v) is 12.1. The number of amides is 1. The molecule has 2 aliphatic heterocycles. The summed E-state index contributed by atoms with van der Waals surface area (Å²) in [5, 5.41) is 3.49. The van der Waals surface area contributed by atoms with Gasteiger partial charge in [0.05, 0.1) is 42.6 Å². The van der Waals surface area contributed by atoms with E-state index in [1.807, 2.05) is 23.5 Å². The number of aromatic nitrogens is 3. The summed E-state index contributed by atoms with van der Waals surface area (Å²) in [6.07, 6.45) is 9.50. The van der Waals surface area contributed by atoms with E-state index in [9.17, 15) is 4.79 Å². The Kier molecular flexibility index (Phi) is 5.45. The number of ether oxygens (including phenoxy) is 1. The minimum Gasteiger partial charge on any atom is -0.381 e. The molecular formula is C26H30N6O2. The fourth-order valence-electron chi connectivity index (χ4n) is 5.47. The van der Waals surface area contributed by atoms with Gasteiger partial charge >= 0.3 is 0 Å². The number of imidazole rings is 1.